The summed E-state index contributed by atoms with van der Waals surface area (Å²) in [5.41, 5.74) is 1.23. The Balaban J connectivity index is 1.57. The lowest BCUT2D eigenvalue weighted by Gasteiger charge is -2.34. The molecule has 1 aliphatic rings. The second-order valence-electron chi connectivity index (χ2n) is 7.04. The van der Waals surface area contributed by atoms with Gasteiger partial charge in [0, 0.05) is 44.6 Å². The molecule has 1 saturated heterocycles. The van der Waals surface area contributed by atoms with Crippen LogP contribution >= 0.6 is 0 Å². The zero-order valence-electron chi connectivity index (χ0n) is 16.4. The van der Waals surface area contributed by atoms with Gasteiger partial charge in [-0.15, -0.1) is 0 Å². The van der Waals surface area contributed by atoms with Gasteiger partial charge in [0.05, 0.1) is 11.6 Å². The summed E-state index contributed by atoms with van der Waals surface area (Å²) in [5.74, 6) is -0.222. The summed E-state index contributed by atoms with van der Waals surface area (Å²) in [6.45, 7) is 5.91. The first-order valence-electron chi connectivity index (χ1n) is 9.62. The van der Waals surface area contributed by atoms with Crippen LogP contribution in [0.2, 0.25) is 0 Å². The average Bonchev–Trinajstić information content (AvgIpc) is 3.28. The number of hydrogen-bond acceptors (Lipinski definition) is 5. The van der Waals surface area contributed by atoms with E-state index >= 15 is 0 Å². The van der Waals surface area contributed by atoms with Crippen LogP contribution in [-0.2, 0) is 6.54 Å². The molecule has 1 fully saturated rings. The van der Waals surface area contributed by atoms with Crippen LogP contribution in [0, 0.1) is 6.92 Å². The van der Waals surface area contributed by atoms with Crippen molar-refractivity contribution in [3.63, 3.8) is 0 Å². The molecule has 29 heavy (non-hydrogen) atoms. The average molecular weight is 394 g/mol. The van der Waals surface area contributed by atoms with Crippen molar-refractivity contribution in [3.05, 3.63) is 64.0 Å². The van der Waals surface area contributed by atoms with Crippen molar-refractivity contribution in [2.24, 2.45) is 0 Å². The summed E-state index contributed by atoms with van der Waals surface area (Å²) >= 11 is 0. The number of carbonyl (C=O) groups excluding carboxylic acids is 2. The Morgan fingerprint density at radius 3 is 2.38 bits per heavy atom. The van der Waals surface area contributed by atoms with Crippen LogP contribution in [0.1, 0.15) is 33.5 Å². The van der Waals surface area contributed by atoms with E-state index in [1.54, 1.807) is 40.3 Å². The second-order valence-corrected chi connectivity index (χ2v) is 7.04. The van der Waals surface area contributed by atoms with E-state index in [0.29, 0.717) is 43.8 Å². The molecular formula is C21H22N4O4. The normalized spacial score (nSPS) is 14.4. The number of nitrogens with zero attached hydrogens (tertiary/aromatic N) is 4. The fraction of sp³-hybridized carbons (Fsp3) is 0.333. The molecule has 0 aliphatic carbocycles. The molecule has 0 radical (unpaired) electrons. The predicted molar refractivity (Wildman–Crippen MR) is 107 cm³/mol. The van der Waals surface area contributed by atoms with Crippen LogP contribution in [0.3, 0.4) is 0 Å². The van der Waals surface area contributed by atoms with Gasteiger partial charge in [-0.1, -0.05) is 0 Å². The Kier molecular flexibility index (Phi) is 4.92. The molecule has 0 unspecified atom stereocenters. The van der Waals surface area contributed by atoms with Crippen molar-refractivity contribution in [1.29, 1.82) is 0 Å². The summed E-state index contributed by atoms with van der Waals surface area (Å²) < 4.78 is 6.99. The Morgan fingerprint density at radius 1 is 1.07 bits per heavy atom. The second kappa shape index (κ2) is 7.54. The summed E-state index contributed by atoms with van der Waals surface area (Å²) in [4.78, 5) is 46.1. The number of aryl methyl sites for hydroxylation is 2. The summed E-state index contributed by atoms with van der Waals surface area (Å²) in [7, 11) is 0. The first-order chi connectivity index (χ1) is 14.0. The number of fused-ring (bicyclic) bond motifs is 1. The Bertz CT molecular complexity index is 1130. The van der Waals surface area contributed by atoms with Crippen molar-refractivity contribution >= 4 is 22.8 Å². The molecule has 150 valence electrons. The van der Waals surface area contributed by atoms with Gasteiger partial charge in [0.25, 0.3) is 11.8 Å². The molecule has 0 saturated carbocycles. The van der Waals surface area contributed by atoms with Gasteiger partial charge >= 0.3 is 0 Å². The number of carbonyl (C=O) groups is 2. The van der Waals surface area contributed by atoms with Crippen molar-refractivity contribution in [1.82, 2.24) is 19.4 Å². The number of hydrogen-bond donors (Lipinski definition) is 0. The zero-order chi connectivity index (χ0) is 20.5. The highest BCUT2D eigenvalue weighted by Gasteiger charge is 2.28. The van der Waals surface area contributed by atoms with Crippen LogP contribution < -0.4 is 5.43 Å². The van der Waals surface area contributed by atoms with E-state index in [4.69, 9.17) is 4.42 Å². The lowest BCUT2D eigenvalue weighted by molar-refractivity contribution is 0.0517. The molecule has 0 N–H and O–H groups in total. The molecule has 0 bridgehead atoms. The summed E-state index contributed by atoms with van der Waals surface area (Å²) in [6.07, 6.45) is 3.06. The Hall–Kier alpha value is -3.42. The minimum absolute atomic E-state index is 0.135. The lowest BCUT2D eigenvalue weighted by atomic mass is 10.1. The van der Waals surface area contributed by atoms with E-state index in [1.165, 1.54) is 6.26 Å². The van der Waals surface area contributed by atoms with E-state index in [0.717, 1.165) is 5.69 Å². The van der Waals surface area contributed by atoms with Crippen LogP contribution in [0.4, 0.5) is 0 Å². The van der Waals surface area contributed by atoms with E-state index in [1.807, 2.05) is 18.4 Å². The quantitative estimate of drug-likeness (QED) is 0.677. The van der Waals surface area contributed by atoms with Crippen LogP contribution in [0.25, 0.3) is 11.0 Å². The molecule has 3 aromatic rings. The maximum absolute atomic E-state index is 13.1. The van der Waals surface area contributed by atoms with Crippen molar-refractivity contribution < 1.29 is 14.0 Å². The van der Waals surface area contributed by atoms with Crippen molar-refractivity contribution in [2.75, 3.05) is 26.2 Å². The van der Waals surface area contributed by atoms with Gasteiger partial charge in [-0.05, 0) is 38.1 Å². The van der Waals surface area contributed by atoms with Gasteiger partial charge < -0.3 is 18.8 Å². The first kappa shape index (κ1) is 18.9. The molecule has 2 amide bonds. The number of pyridine rings is 2. The summed E-state index contributed by atoms with van der Waals surface area (Å²) in [5, 5.41) is 0.440. The van der Waals surface area contributed by atoms with E-state index in [2.05, 4.69) is 4.98 Å². The van der Waals surface area contributed by atoms with E-state index in [-0.39, 0.29) is 28.6 Å². The maximum Gasteiger partial charge on any atom is 0.289 e. The number of piperazine rings is 1. The van der Waals surface area contributed by atoms with Gasteiger partial charge in [0.2, 0.25) is 5.43 Å². The minimum atomic E-state index is -0.315. The number of amides is 2. The molecule has 0 aromatic carbocycles. The third kappa shape index (κ3) is 3.41. The topological polar surface area (TPSA) is 88.7 Å². The highest BCUT2D eigenvalue weighted by atomic mass is 16.3. The smallest absolute Gasteiger partial charge is 0.289 e. The molecule has 0 spiro atoms. The SMILES string of the molecule is CCn1cc(C(=O)N2CCN(C(=O)c3ccco3)CC2)c(=O)c2ccc(C)nc21. The van der Waals surface area contributed by atoms with Gasteiger partial charge in [0.1, 0.15) is 11.2 Å². The van der Waals surface area contributed by atoms with Crippen LogP contribution in [0.5, 0.6) is 0 Å². The number of aromatic nitrogens is 2. The summed E-state index contributed by atoms with van der Waals surface area (Å²) in [6, 6.07) is 6.79. The Morgan fingerprint density at radius 2 is 1.76 bits per heavy atom. The zero-order valence-corrected chi connectivity index (χ0v) is 16.4. The molecule has 1 aliphatic heterocycles. The minimum Gasteiger partial charge on any atom is -0.459 e. The van der Waals surface area contributed by atoms with Crippen molar-refractivity contribution in [2.45, 2.75) is 20.4 Å². The molecule has 4 rings (SSSR count). The van der Waals surface area contributed by atoms with E-state index < -0.39 is 0 Å². The fourth-order valence-corrected chi connectivity index (χ4v) is 3.59. The standard InChI is InChI=1S/C21H22N4O4/c1-3-23-13-16(18(26)15-7-6-14(2)22-19(15)23)20(27)24-8-10-25(11-9-24)21(28)17-5-4-12-29-17/h4-7,12-13H,3,8-11H2,1-2H3. The molecule has 3 aromatic heterocycles. The van der Waals surface area contributed by atoms with Crippen molar-refractivity contribution in [3.8, 4) is 0 Å². The van der Waals surface area contributed by atoms with Gasteiger partial charge in [-0.2, -0.15) is 0 Å². The van der Waals surface area contributed by atoms with Crippen LogP contribution in [0.15, 0.2) is 45.9 Å². The van der Waals surface area contributed by atoms with Gasteiger partial charge in [-0.3, -0.25) is 14.4 Å². The highest BCUT2D eigenvalue weighted by molar-refractivity contribution is 5.97. The lowest BCUT2D eigenvalue weighted by Crippen LogP contribution is -2.51. The fourth-order valence-electron chi connectivity index (χ4n) is 3.59. The third-order valence-corrected chi connectivity index (χ3v) is 5.22. The third-order valence-electron chi connectivity index (χ3n) is 5.22. The predicted octanol–water partition coefficient (Wildman–Crippen LogP) is 1.92. The molecule has 8 nitrogen and oxygen atoms in total. The van der Waals surface area contributed by atoms with E-state index in [9.17, 15) is 14.4 Å². The Labute approximate surface area is 167 Å². The highest BCUT2D eigenvalue weighted by Crippen LogP contribution is 2.14. The van der Waals surface area contributed by atoms with Gasteiger partial charge in [0.15, 0.2) is 5.76 Å². The molecule has 4 heterocycles. The molecule has 8 heteroatoms. The number of rotatable bonds is 3. The van der Waals surface area contributed by atoms with Gasteiger partial charge in [-0.25, -0.2) is 4.98 Å². The monoisotopic (exact) mass is 394 g/mol. The number of furan rings is 1. The first-order valence-corrected chi connectivity index (χ1v) is 9.62. The maximum atomic E-state index is 13.1. The van der Waals surface area contributed by atoms with Crippen LogP contribution in [-0.4, -0.2) is 57.3 Å². The molecular weight excluding hydrogens is 372 g/mol. The molecule has 0 atom stereocenters. The largest absolute Gasteiger partial charge is 0.459 e.